The number of anilines is 1. The maximum atomic E-state index is 14.8. The van der Waals surface area contributed by atoms with Crippen molar-refractivity contribution in [3.63, 3.8) is 0 Å². The standard InChI is InChI=1S/C39H44BrN3O4S/c1-28-14-20-36(21-15-28)48(46,47)43(35-23-29(2)22-30(3)24-35)27-38(44)42(26-32-16-18-33(40)19-17-32)37(25-31-10-6-4-7-11-31)39(45)41-34-12-8-5-9-13-34/h4,6-7,10-11,14-24,34,37H,5,8-9,12-13,25-27H2,1-3H3,(H,41,45)/t37-/m1/s1. The van der Waals surface area contributed by atoms with Gasteiger partial charge in [-0.3, -0.25) is 13.9 Å². The van der Waals surface area contributed by atoms with Crippen LogP contribution in [0.3, 0.4) is 0 Å². The van der Waals surface area contributed by atoms with Crippen LogP contribution in [0.15, 0.2) is 106 Å². The van der Waals surface area contributed by atoms with Crippen LogP contribution in [0.2, 0.25) is 0 Å². The largest absolute Gasteiger partial charge is 0.352 e. The van der Waals surface area contributed by atoms with Gasteiger partial charge in [-0.1, -0.05) is 101 Å². The summed E-state index contributed by atoms with van der Waals surface area (Å²) in [6.07, 6.45) is 5.35. The summed E-state index contributed by atoms with van der Waals surface area (Å²) in [4.78, 5) is 30.7. The molecule has 1 atom stereocenters. The molecule has 4 aromatic carbocycles. The number of carbonyl (C=O) groups is 2. The first-order chi connectivity index (χ1) is 23.0. The molecule has 252 valence electrons. The van der Waals surface area contributed by atoms with Crippen LogP contribution in [0.25, 0.3) is 0 Å². The topological polar surface area (TPSA) is 86.8 Å². The summed E-state index contributed by atoms with van der Waals surface area (Å²) >= 11 is 3.49. The fourth-order valence-corrected chi connectivity index (χ4v) is 8.01. The van der Waals surface area contributed by atoms with Crippen molar-refractivity contribution in [3.05, 3.63) is 129 Å². The maximum Gasteiger partial charge on any atom is 0.264 e. The minimum absolute atomic E-state index is 0.0443. The Bertz CT molecular complexity index is 1790. The minimum atomic E-state index is -4.16. The number of halogens is 1. The third kappa shape index (κ3) is 9.14. The molecule has 0 aromatic heterocycles. The molecule has 9 heteroatoms. The smallest absolute Gasteiger partial charge is 0.264 e. The molecule has 0 saturated heterocycles. The van der Waals surface area contributed by atoms with Crippen molar-refractivity contribution in [1.29, 1.82) is 0 Å². The molecule has 0 heterocycles. The van der Waals surface area contributed by atoms with E-state index in [1.807, 2.05) is 81.4 Å². The van der Waals surface area contributed by atoms with Gasteiger partial charge >= 0.3 is 0 Å². The first-order valence-corrected chi connectivity index (χ1v) is 18.8. The van der Waals surface area contributed by atoms with E-state index < -0.39 is 28.5 Å². The summed E-state index contributed by atoms with van der Waals surface area (Å²) in [6.45, 7) is 5.36. The highest BCUT2D eigenvalue weighted by Gasteiger charge is 2.35. The number of sulfonamides is 1. The summed E-state index contributed by atoms with van der Waals surface area (Å²) in [7, 11) is -4.16. The molecule has 0 bridgehead atoms. The lowest BCUT2D eigenvalue weighted by Crippen LogP contribution is -2.55. The Labute approximate surface area is 293 Å². The van der Waals surface area contributed by atoms with Gasteiger partial charge in [0.2, 0.25) is 11.8 Å². The number of amides is 2. The third-order valence-electron chi connectivity index (χ3n) is 8.87. The van der Waals surface area contributed by atoms with E-state index in [0.717, 1.165) is 64.4 Å². The molecule has 1 aliphatic carbocycles. The van der Waals surface area contributed by atoms with Crippen LogP contribution >= 0.6 is 15.9 Å². The summed E-state index contributed by atoms with van der Waals surface area (Å²) in [5, 5.41) is 3.26. The predicted molar refractivity (Wildman–Crippen MR) is 195 cm³/mol. The molecule has 0 aliphatic heterocycles. The van der Waals surface area contributed by atoms with E-state index in [1.165, 1.54) is 4.31 Å². The highest BCUT2D eigenvalue weighted by atomic mass is 79.9. The summed E-state index contributed by atoms with van der Waals surface area (Å²) in [5.41, 5.74) is 4.82. The van der Waals surface area contributed by atoms with E-state index >= 15 is 0 Å². The van der Waals surface area contributed by atoms with Gasteiger partial charge in [-0.15, -0.1) is 0 Å². The molecule has 48 heavy (non-hydrogen) atoms. The van der Waals surface area contributed by atoms with Crippen molar-refractivity contribution in [1.82, 2.24) is 10.2 Å². The summed E-state index contributed by atoms with van der Waals surface area (Å²) in [6, 6.07) is 28.6. The quantitative estimate of drug-likeness (QED) is 0.162. The average Bonchev–Trinajstić information content (AvgIpc) is 3.06. The highest BCUT2D eigenvalue weighted by molar-refractivity contribution is 9.10. The number of carbonyl (C=O) groups excluding carboxylic acids is 2. The first kappa shape index (κ1) is 35.4. The molecule has 1 N–H and O–H groups in total. The Hall–Kier alpha value is -3.95. The number of nitrogens with one attached hydrogen (secondary N) is 1. The van der Waals surface area contributed by atoms with Gasteiger partial charge in [0.25, 0.3) is 10.0 Å². The van der Waals surface area contributed by atoms with Gasteiger partial charge in [0, 0.05) is 23.5 Å². The number of nitrogens with zero attached hydrogens (tertiary/aromatic N) is 2. The van der Waals surface area contributed by atoms with Crippen LogP contribution in [-0.2, 0) is 32.6 Å². The van der Waals surface area contributed by atoms with E-state index in [4.69, 9.17) is 0 Å². The molecule has 0 radical (unpaired) electrons. The van der Waals surface area contributed by atoms with Gasteiger partial charge in [0.15, 0.2) is 0 Å². The second-order valence-electron chi connectivity index (χ2n) is 12.9. The van der Waals surface area contributed by atoms with E-state index in [1.54, 1.807) is 41.3 Å². The van der Waals surface area contributed by atoms with E-state index in [-0.39, 0.29) is 29.8 Å². The van der Waals surface area contributed by atoms with Crippen molar-refractivity contribution in [2.75, 3.05) is 10.8 Å². The summed E-state index contributed by atoms with van der Waals surface area (Å²) in [5.74, 6) is -0.692. The molecule has 1 aliphatic rings. The van der Waals surface area contributed by atoms with Gasteiger partial charge in [-0.2, -0.15) is 0 Å². The van der Waals surface area contributed by atoms with E-state index in [2.05, 4.69) is 21.2 Å². The molecule has 0 unspecified atom stereocenters. The number of aryl methyl sites for hydroxylation is 3. The lowest BCUT2D eigenvalue weighted by Gasteiger charge is -2.35. The van der Waals surface area contributed by atoms with Crippen LogP contribution in [0, 0.1) is 20.8 Å². The fraction of sp³-hybridized carbons (Fsp3) is 0.333. The average molecular weight is 731 g/mol. The number of rotatable bonds is 12. The maximum absolute atomic E-state index is 14.8. The van der Waals surface area contributed by atoms with Crippen LogP contribution < -0.4 is 9.62 Å². The second kappa shape index (κ2) is 16.0. The van der Waals surface area contributed by atoms with E-state index in [9.17, 15) is 18.0 Å². The van der Waals surface area contributed by atoms with Gasteiger partial charge in [-0.05, 0) is 92.3 Å². The monoisotopic (exact) mass is 729 g/mol. The second-order valence-corrected chi connectivity index (χ2v) is 15.6. The van der Waals surface area contributed by atoms with E-state index in [0.29, 0.717) is 5.69 Å². The summed E-state index contributed by atoms with van der Waals surface area (Å²) < 4.78 is 30.8. The van der Waals surface area contributed by atoms with Crippen molar-refractivity contribution in [3.8, 4) is 0 Å². The van der Waals surface area contributed by atoms with Crippen molar-refractivity contribution >= 4 is 43.5 Å². The molecule has 4 aromatic rings. The van der Waals surface area contributed by atoms with Crippen LogP contribution in [-0.4, -0.2) is 43.8 Å². The number of hydrogen-bond donors (Lipinski definition) is 1. The minimum Gasteiger partial charge on any atom is -0.352 e. The lowest BCUT2D eigenvalue weighted by atomic mass is 9.94. The predicted octanol–water partition coefficient (Wildman–Crippen LogP) is 7.66. The van der Waals surface area contributed by atoms with Gasteiger partial charge in [0.1, 0.15) is 12.6 Å². The number of hydrogen-bond acceptors (Lipinski definition) is 4. The molecule has 1 saturated carbocycles. The molecule has 5 rings (SSSR count). The molecule has 7 nitrogen and oxygen atoms in total. The molecule has 1 fully saturated rings. The Kier molecular flexibility index (Phi) is 11.8. The zero-order valence-electron chi connectivity index (χ0n) is 27.9. The first-order valence-electron chi connectivity index (χ1n) is 16.6. The van der Waals surface area contributed by atoms with Crippen molar-refractivity contribution in [2.24, 2.45) is 0 Å². The van der Waals surface area contributed by atoms with Crippen LogP contribution in [0.5, 0.6) is 0 Å². The van der Waals surface area contributed by atoms with Crippen molar-refractivity contribution < 1.29 is 18.0 Å². The Morgan fingerprint density at radius 1 is 0.792 bits per heavy atom. The Morgan fingerprint density at radius 3 is 2.04 bits per heavy atom. The SMILES string of the molecule is Cc1ccc(S(=O)(=O)N(CC(=O)N(Cc2ccc(Br)cc2)[C@H](Cc2ccccc2)C(=O)NC2CCCCC2)c2cc(C)cc(C)c2)cc1. The zero-order chi connectivity index (χ0) is 34.3. The lowest BCUT2D eigenvalue weighted by molar-refractivity contribution is -0.140. The fourth-order valence-electron chi connectivity index (χ4n) is 6.35. The highest BCUT2D eigenvalue weighted by Crippen LogP contribution is 2.28. The normalized spacial score (nSPS) is 14.2. The van der Waals surface area contributed by atoms with Crippen LogP contribution in [0.1, 0.15) is 59.9 Å². The van der Waals surface area contributed by atoms with Crippen molar-refractivity contribution in [2.45, 2.75) is 82.8 Å². The Balaban J connectivity index is 1.58. The molecule has 2 amide bonds. The van der Waals surface area contributed by atoms with Crippen LogP contribution in [0.4, 0.5) is 5.69 Å². The van der Waals surface area contributed by atoms with Gasteiger partial charge < -0.3 is 10.2 Å². The third-order valence-corrected chi connectivity index (χ3v) is 11.2. The molecular weight excluding hydrogens is 686 g/mol. The van der Waals surface area contributed by atoms with Gasteiger partial charge in [-0.25, -0.2) is 8.42 Å². The zero-order valence-corrected chi connectivity index (χ0v) is 30.3. The van der Waals surface area contributed by atoms with Gasteiger partial charge in [0.05, 0.1) is 10.6 Å². The molecular formula is C39H44BrN3O4S. The molecule has 0 spiro atoms. The Morgan fingerprint density at radius 2 is 1.42 bits per heavy atom. The number of benzene rings is 4.